The molecule has 1 unspecified atom stereocenters. The normalized spacial score (nSPS) is 24.9. The largest absolute Gasteiger partial charge is 0.480 e. The Balaban J connectivity index is 2.37. The molecule has 0 aromatic heterocycles. The number of carbonyl (C=O) groups is 4. The van der Waals surface area contributed by atoms with Crippen LogP contribution < -0.4 is 0 Å². The standard InChI is InChI=1S/C14H19NO5S/c1-13(2,7-21)12(20)15-6-14(5-8(15)11(18)19)9(16)3-4-10(14)17/h8,21H,3-7H2,1-2H3,(H,18,19). The van der Waals surface area contributed by atoms with Crippen LogP contribution in [0.3, 0.4) is 0 Å². The van der Waals surface area contributed by atoms with Crippen LogP contribution in [-0.2, 0) is 19.2 Å². The Hall–Kier alpha value is -1.37. The zero-order chi connectivity index (χ0) is 16.0. The third-order valence-corrected chi connectivity index (χ3v) is 5.32. The second kappa shape index (κ2) is 5.12. The molecule has 1 aliphatic carbocycles. The first-order valence-corrected chi connectivity index (χ1v) is 7.50. The Labute approximate surface area is 128 Å². The predicted octanol–water partition coefficient (Wildman–Crippen LogP) is 0.546. The first kappa shape index (κ1) is 16.0. The van der Waals surface area contributed by atoms with Crippen LogP contribution in [-0.4, -0.2) is 51.8 Å². The zero-order valence-electron chi connectivity index (χ0n) is 12.1. The number of hydrogen-bond donors (Lipinski definition) is 2. The van der Waals surface area contributed by atoms with Crippen LogP contribution in [0.2, 0.25) is 0 Å². The number of Topliss-reactive ketones (excluding diaryl/α,β-unsaturated/α-hetero) is 2. The second-order valence-electron chi connectivity index (χ2n) is 6.46. The smallest absolute Gasteiger partial charge is 0.326 e. The first-order chi connectivity index (χ1) is 9.65. The topological polar surface area (TPSA) is 91.8 Å². The van der Waals surface area contributed by atoms with Crippen molar-refractivity contribution in [1.82, 2.24) is 4.90 Å². The van der Waals surface area contributed by atoms with Gasteiger partial charge in [0.1, 0.15) is 23.0 Å². The number of carbonyl (C=O) groups excluding carboxylic acids is 3. The summed E-state index contributed by atoms with van der Waals surface area (Å²) in [5.41, 5.74) is -2.14. The van der Waals surface area contributed by atoms with E-state index in [1.165, 1.54) is 4.90 Å². The molecular weight excluding hydrogens is 294 g/mol. The maximum Gasteiger partial charge on any atom is 0.326 e. The van der Waals surface area contributed by atoms with Crippen molar-refractivity contribution in [2.24, 2.45) is 10.8 Å². The van der Waals surface area contributed by atoms with Gasteiger partial charge in [-0.2, -0.15) is 12.6 Å². The van der Waals surface area contributed by atoms with Crippen molar-refractivity contribution < 1.29 is 24.3 Å². The fourth-order valence-corrected chi connectivity index (χ4v) is 3.20. The van der Waals surface area contributed by atoms with E-state index >= 15 is 0 Å². The van der Waals surface area contributed by atoms with E-state index in [9.17, 15) is 24.3 Å². The fourth-order valence-electron chi connectivity index (χ4n) is 3.06. The fraction of sp³-hybridized carbons (Fsp3) is 0.714. The highest BCUT2D eigenvalue weighted by Gasteiger charge is 2.60. The number of thiol groups is 1. The molecule has 1 saturated heterocycles. The van der Waals surface area contributed by atoms with Gasteiger partial charge >= 0.3 is 5.97 Å². The predicted molar refractivity (Wildman–Crippen MR) is 77.1 cm³/mol. The number of nitrogens with zero attached hydrogens (tertiary/aromatic N) is 1. The monoisotopic (exact) mass is 313 g/mol. The van der Waals surface area contributed by atoms with E-state index in [0.717, 1.165) is 0 Å². The van der Waals surface area contributed by atoms with Crippen molar-refractivity contribution in [3.8, 4) is 0 Å². The molecule has 1 spiro atoms. The second-order valence-corrected chi connectivity index (χ2v) is 6.78. The summed E-state index contributed by atoms with van der Waals surface area (Å²) in [6.07, 6.45) is 0.181. The van der Waals surface area contributed by atoms with Crippen LogP contribution in [0.15, 0.2) is 0 Å². The summed E-state index contributed by atoms with van der Waals surface area (Å²) in [7, 11) is 0. The summed E-state index contributed by atoms with van der Waals surface area (Å²) in [5.74, 6) is -1.78. The summed E-state index contributed by atoms with van der Waals surface area (Å²) < 4.78 is 0. The maximum atomic E-state index is 12.6. The van der Waals surface area contributed by atoms with E-state index in [2.05, 4.69) is 12.6 Å². The Morgan fingerprint density at radius 2 is 1.86 bits per heavy atom. The third kappa shape index (κ3) is 2.37. The zero-order valence-corrected chi connectivity index (χ0v) is 13.0. The summed E-state index contributed by atoms with van der Waals surface area (Å²) in [6, 6.07) is -1.12. The molecule has 1 N–H and O–H groups in total. The Morgan fingerprint density at radius 1 is 1.33 bits per heavy atom. The van der Waals surface area contributed by atoms with Crippen molar-refractivity contribution >= 4 is 36.1 Å². The molecule has 0 aromatic rings. The third-order valence-electron chi connectivity index (χ3n) is 4.53. The Morgan fingerprint density at radius 3 is 2.29 bits per heavy atom. The van der Waals surface area contributed by atoms with Gasteiger partial charge in [0.15, 0.2) is 0 Å². The molecule has 1 aliphatic heterocycles. The first-order valence-electron chi connectivity index (χ1n) is 6.87. The number of aliphatic carboxylic acids is 1. The lowest BCUT2D eigenvalue weighted by atomic mass is 9.82. The molecule has 1 atom stereocenters. The molecule has 2 rings (SSSR count). The van der Waals surface area contributed by atoms with Crippen molar-refractivity contribution in [1.29, 1.82) is 0 Å². The summed E-state index contributed by atoms with van der Waals surface area (Å²) in [5, 5.41) is 9.35. The minimum atomic E-state index is -1.30. The lowest BCUT2D eigenvalue weighted by molar-refractivity contribution is -0.151. The molecule has 1 heterocycles. The minimum absolute atomic E-state index is 0.103. The van der Waals surface area contributed by atoms with E-state index < -0.39 is 22.8 Å². The van der Waals surface area contributed by atoms with Gasteiger partial charge in [0.25, 0.3) is 0 Å². The minimum Gasteiger partial charge on any atom is -0.480 e. The van der Waals surface area contributed by atoms with Crippen LogP contribution in [0.5, 0.6) is 0 Å². The van der Waals surface area contributed by atoms with Crippen LogP contribution in [0, 0.1) is 10.8 Å². The van der Waals surface area contributed by atoms with E-state index in [4.69, 9.17) is 0 Å². The SMILES string of the molecule is CC(C)(CS)C(=O)N1CC2(CC1C(=O)O)C(=O)CCC2=O. The maximum absolute atomic E-state index is 12.6. The lowest BCUT2D eigenvalue weighted by Gasteiger charge is -2.30. The van der Waals surface area contributed by atoms with Crippen LogP contribution in [0.4, 0.5) is 0 Å². The summed E-state index contributed by atoms with van der Waals surface area (Å²) in [4.78, 5) is 49.4. The molecule has 6 nitrogen and oxygen atoms in total. The van der Waals surface area contributed by atoms with Gasteiger partial charge in [0.05, 0.1) is 5.41 Å². The van der Waals surface area contributed by atoms with E-state index in [1.54, 1.807) is 13.8 Å². The van der Waals surface area contributed by atoms with Gasteiger partial charge in [-0.25, -0.2) is 4.79 Å². The number of hydrogen-bond acceptors (Lipinski definition) is 5. The van der Waals surface area contributed by atoms with Crippen molar-refractivity contribution in [3.05, 3.63) is 0 Å². The highest BCUT2D eigenvalue weighted by atomic mass is 32.1. The number of carboxylic acids is 1. The average molecular weight is 313 g/mol. The van der Waals surface area contributed by atoms with Gasteiger partial charge in [0.2, 0.25) is 5.91 Å². The Kier molecular flexibility index (Phi) is 3.90. The molecule has 0 aromatic carbocycles. The van der Waals surface area contributed by atoms with Gasteiger partial charge in [-0.15, -0.1) is 0 Å². The van der Waals surface area contributed by atoms with Crippen LogP contribution in [0.25, 0.3) is 0 Å². The summed E-state index contributed by atoms with van der Waals surface area (Å²) >= 11 is 4.12. The van der Waals surface area contributed by atoms with Gasteiger partial charge in [-0.3, -0.25) is 14.4 Å². The number of ketones is 2. The van der Waals surface area contributed by atoms with Gasteiger partial charge in [0, 0.05) is 25.1 Å². The van der Waals surface area contributed by atoms with Crippen molar-refractivity contribution in [2.75, 3.05) is 12.3 Å². The van der Waals surface area contributed by atoms with Crippen LogP contribution in [0.1, 0.15) is 33.1 Å². The van der Waals surface area contributed by atoms with E-state index in [1.807, 2.05) is 0 Å². The molecule has 116 valence electrons. The van der Waals surface area contributed by atoms with Crippen molar-refractivity contribution in [3.63, 3.8) is 0 Å². The van der Waals surface area contributed by atoms with E-state index in [0.29, 0.717) is 0 Å². The van der Waals surface area contributed by atoms with Gasteiger partial charge in [-0.1, -0.05) is 13.8 Å². The number of amides is 1. The number of rotatable bonds is 3. The summed E-state index contributed by atoms with van der Waals surface area (Å²) in [6.45, 7) is 3.23. The molecule has 1 saturated carbocycles. The molecule has 2 fully saturated rings. The molecule has 21 heavy (non-hydrogen) atoms. The highest BCUT2D eigenvalue weighted by Crippen LogP contribution is 2.44. The molecular formula is C14H19NO5S. The highest BCUT2D eigenvalue weighted by molar-refractivity contribution is 7.80. The van der Waals surface area contributed by atoms with Crippen LogP contribution >= 0.6 is 12.6 Å². The molecule has 1 amide bonds. The quantitative estimate of drug-likeness (QED) is 0.586. The number of carboxylic acid groups (broad SMARTS) is 1. The number of likely N-dealkylation sites (tertiary alicyclic amines) is 1. The lowest BCUT2D eigenvalue weighted by Crippen LogP contribution is -2.48. The van der Waals surface area contributed by atoms with Crippen molar-refractivity contribution in [2.45, 2.75) is 39.2 Å². The van der Waals surface area contributed by atoms with Gasteiger partial charge < -0.3 is 10.0 Å². The molecule has 0 radical (unpaired) electrons. The Bertz CT molecular complexity index is 511. The molecule has 2 aliphatic rings. The van der Waals surface area contributed by atoms with Gasteiger partial charge in [-0.05, 0) is 6.42 Å². The molecule has 7 heteroatoms. The average Bonchev–Trinajstić information content (AvgIpc) is 2.96. The molecule has 0 bridgehead atoms. The van der Waals surface area contributed by atoms with E-state index in [-0.39, 0.29) is 49.0 Å².